The van der Waals surface area contributed by atoms with Gasteiger partial charge in [-0.15, -0.1) is 0 Å². The number of hydrogen-bond donors (Lipinski definition) is 3. The zero-order chi connectivity index (χ0) is 25.9. The van der Waals surface area contributed by atoms with Gasteiger partial charge in [0.25, 0.3) is 5.56 Å². The van der Waals surface area contributed by atoms with E-state index in [1.807, 2.05) is 18.3 Å². The molecule has 0 atom stereocenters. The van der Waals surface area contributed by atoms with E-state index in [0.717, 1.165) is 36.0 Å². The Morgan fingerprint density at radius 2 is 1.97 bits per heavy atom. The summed E-state index contributed by atoms with van der Waals surface area (Å²) in [6, 6.07) is 14.8. The molecule has 192 valence electrons. The third-order valence-corrected chi connectivity index (χ3v) is 7.19. The number of H-pyrrole nitrogens is 1. The fraction of sp³-hybridized carbons (Fsp3) is 0.345. The zero-order valence-electron chi connectivity index (χ0n) is 21.7. The van der Waals surface area contributed by atoms with E-state index in [1.54, 1.807) is 13.1 Å². The minimum Gasteiger partial charge on any atom is -0.365 e. The molecule has 0 spiro atoms. The van der Waals surface area contributed by atoms with Crippen LogP contribution in [-0.2, 0) is 24.3 Å². The van der Waals surface area contributed by atoms with E-state index in [1.165, 1.54) is 21.3 Å². The Labute approximate surface area is 216 Å². The van der Waals surface area contributed by atoms with Crippen molar-refractivity contribution >= 4 is 22.6 Å². The SMILES string of the molecule is Cc1c[nH]c2ccc(CNC(=O)Cn3c(C)cnc(NCCc4cccc(C5CN(C)C5)c4)c3=O)cc12. The number of carbonyl (C=O) groups is 1. The van der Waals surface area contributed by atoms with Crippen LogP contribution in [0.25, 0.3) is 10.9 Å². The minimum absolute atomic E-state index is 0.0504. The number of carbonyl (C=O) groups excluding carboxylic acids is 1. The topological polar surface area (TPSA) is 95.0 Å². The van der Waals surface area contributed by atoms with Crippen molar-refractivity contribution in [2.75, 3.05) is 32.0 Å². The molecular formula is C29H34N6O2. The molecule has 1 fully saturated rings. The van der Waals surface area contributed by atoms with Gasteiger partial charge in [-0.1, -0.05) is 30.3 Å². The molecule has 37 heavy (non-hydrogen) atoms. The molecule has 0 unspecified atom stereocenters. The van der Waals surface area contributed by atoms with Gasteiger partial charge >= 0.3 is 0 Å². The maximum atomic E-state index is 13.1. The summed E-state index contributed by atoms with van der Waals surface area (Å²) in [4.78, 5) is 35.6. The predicted molar refractivity (Wildman–Crippen MR) is 147 cm³/mol. The molecule has 1 saturated heterocycles. The number of amides is 1. The van der Waals surface area contributed by atoms with Crippen LogP contribution in [0.5, 0.6) is 0 Å². The van der Waals surface area contributed by atoms with E-state index in [4.69, 9.17) is 0 Å². The molecule has 2 aromatic carbocycles. The first-order chi connectivity index (χ1) is 17.9. The van der Waals surface area contributed by atoms with E-state index >= 15 is 0 Å². The summed E-state index contributed by atoms with van der Waals surface area (Å²) in [5.41, 5.74) is 6.23. The number of nitrogens with one attached hydrogen (secondary N) is 3. The van der Waals surface area contributed by atoms with Crippen LogP contribution < -0.4 is 16.2 Å². The first-order valence-electron chi connectivity index (χ1n) is 12.8. The van der Waals surface area contributed by atoms with Crippen LogP contribution in [0.3, 0.4) is 0 Å². The molecule has 1 aliphatic rings. The van der Waals surface area contributed by atoms with Crippen LogP contribution in [-0.4, -0.2) is 52.0 Å². The van der Waals surface area contributed by atoms with Gasteiger partial charge < -0.3 is 20.5 Å². The van der Waals surface area contributed by atoms with Crippen molar-refractivity contribution in [2.45, 2.75) is 39.3 Å². The smallest absolute Gasteiger partial charge is 0.293 e. The monoisotopic (exact) mass is 498 g/mol. The highest BCUT2D eigenvalue weighted by Crippen LogP contribution is 2.26. The van der Waals surface area contributed by atoms with Crippen LogP contribution in [0.2, 0.25) is 0 Å². The summed E-state index contributed by atoms with van der Waals surface area (Å²) < 4.78 is 1.47. The van der Waals surface area contributed by atoms with Crippen molar-refractivity contribution < 1.29 is 4.79 Å². The molecule has 0 aliphatic carbocycles. The molecule has 1 aliphatic heterocycles. The van der Waals surface area contributed by atoms with E-state index in [0.29, 0.717) is 24.7 Å². The second kappa shape index (κ2) is 10.6. The van der Waals surface area contributed by atoms with Gasteiger partial charge in [-0.3, -0.25) is 14.2 Å². The quantitative estimate of drug-likeness (QED) is 0.329. The first kappa shape index (κ1) is 24.8. The lowest BCUT2D eigenvalue weighted by Crippen LogP contribution is -2.41. The van der Waals surface area contributed by atoms with Gasteiger partial charge in [0, 0.05) is 61.1 Å². The third-order valence-electron chi connectivity index (χ3n) is 7.19. The predicted octanol–water partition coefficient (Wildman–Crippen LogP) is 3.34. The standard InChI is InChI=1S/C29H34N6O2/c1-19-13-31-26-8-7-22(12-25(19)26)15-32-27(36)18-35-20(2)14-33-28(29(35)37)30-10-9-21-5-4-6-23(11-21)24-16-34(3)17-24/h4-8,11-14,24,31H,9-10,15-18H2,1-3H3,(H,30,33)(H,32,36). The van der Waals surface area contributed by atoms with Crippen LogP contribution in [0.15, 0.2) is 59.7 Å². The average Bonchev–Trinajstić information content (AvgIpc) is 3.25. The molecule has 5 rings (SSSR count). The highest BCUT2D eigenvalue weighted by Gasteiger charge is 2.24. The lowest BCUT2D eigenvalue weighted by Gasteiger charge is -2.36. The van der Waals surface area contributed by atoms with Crippen LogP contribution in [0.4, 0.5) is 5.82 Å². The van der Waals surface area contributed by atoms with E-state index in [2.05, 4.69) is 69.8 Å². The van der Waals surface area contributed by atoms with Crippen molar-refractivity contribution in [3.05, 3.63) is 93.2 Å². The zero-order valence-corrected chi connectivity index (χ0v) is 21.7. The second-order valence-electron chi connectivity index (χ2n) is 10.1. The number of benzene rings is 2. The Morgan fingerprint density at radius 3 is 2.78 bits per heavy atom. The van der Waals surface area contributed by atoms with Gasteiger partial charge in [0.05, 0.1) is 0 Å². The summed E-state index contributed by atoms with van der Waals surface area (Å²) in [6.07, 6.45) is 4.40. The molecule has 0 saturated carbocycles. The second-order valence-corrected chi connectivity index (χ2v) is 10.1. The molecule has 1 amide bonds. The molecule has 0 radical (unpaired) electrons. The molecule has 3 heterocycles. The van der Waals surface area contributed by atoms with Crippen molar-refractivity contribution in [3.8, 4) is 0 Å². The normalized spacial score (nSPS) is 14.0. The van der Waals surface area contributed by atoms with E-state index < -0.39 is 0 Å². The fourth-order valence-corrected chi connectivity index (χ4v) is 4.94. The molecule has 0 bridgehead atoms. The first-order valence-corrected chi connectivity index (χ1v) is 12.8. The van der Waals surface area contributed by atoms with Crippen molar-refractivity contribution in [3.63, 3.8) is 0 Å². The highest BCUT2D eigenvalue weighted by molar-refractivity contribution is 5.83. The summed E-state index contributed by atoms with van der Waals surface area (Å²) >= 11 is 0. The van der Waals surface area contributed by atoms with Gasteiger partial charge in [-0.2, -0.15) is 0 Å². The number of aryl methyl sites for hydroxylation is 2. The fourth-order valence-electron chi connectivity index (χ4n) is 4.94. The van der Waals surface area contributed by atoms with Crippen molar-refractivity contribution in [1.29, 1.82) is 0 Å². The van der Waals surface area contributed by atoms with Crippen LogP contribution in [0.1, 0.15) is 33.9 Å². The Kier molecular flexibility index (Phi) is 7.10. The number of rotatable bonds is 9. The molecule has 2 aromatic heterocycles. The lowest BCUT2D eigenvalue weighted by molar-refractivity contribution is -0.121. The number of aromatic nitrogens is 3. The number of anilines is 1. The number of likely N-dealkylation sites (N-methyl/N-ethyl adjacent to an activating group) is 1. The van der Waals surface area contributed by atoms with E-state index in [-0.39, 0.29) is 23.8 Å². The summed E-state index contributed by atoms with van der Waals surface area (Å²) in [7, 11) is 2.14. The molecule has 8 heteroatoms. The average molecular weight is 499 g/mol. The van der Waals surface area contributed by atoms with Gasteiger partial charge in [-0.05, 0) is 61.7 Å². The Bertz CT molecular complexity index is 1480. The van der Waals surface area contributed by atoms with Gasteiger partial charge in [0.2, 0.25) is 5.91 Å². The molecule has 3 N–H and O–H groups in total. The maximum Gasteiger partial charge on any atom is 0.293 e. The van der Waals surface area contributed by atoms with Gasteiger partial charge in [0.1, 0.15) is 6.54 Å². The van der Waals surface area contributed by atoms with E-state index in [9.17, 15) is 9.59 Å². The molecular weight excluding hydrogens is 464 g/mol. The third kappa shape index (κ3) is 5.59. The highest BCUT2D eigenvalue weighted by atomic mass is 16.2. The maximum absolute atomic E-state index is 13.1. The van der Waals surface area contributed by atoms with Crippen molar-refractivity contribution in [2.24, 2.45) is 0 Å². The number of aromatic amines is 1. The summed E-state index contributed by atoms with van der Waals surface area (Å²) in [5, 5.41) is 7.26. The Balaban J connectivity index is 1.17. The van der Waals surface area contributed by atoms with Crippen LogP contribution in [0, 0.1) is 13.8 Å². The van der Waals surface area contributed by atoms with Gasteiger partial charge in [-0.25, -0.2) is 4.98 Å². The largest absolute Gasteiger partial charge is 0.365 e. The Hall–Kier alpha value is -3.91. The summed E-state index contributed by atoms with van der Waals surface area (Å²) in [6.45, 7) is 6.99. The Morgan fingerprint density at radius 1 is 1.14 bits per heavy atom. The van der Waals surface area contributed by atoms with Crippen LogP contribution >= 0.6 is 0 Å². The number of likely N-dealkylation sites (tertiary alicyclic amines) is 1. The van der Waals surface area contributed by atoms with Crippen molar-refractivity contribution in [1.82, 2.24) is 24.8 Å². The number of fused-ring (bicyclic) bond motifs is 1. The number of hydrogen-bond acceptors (Lipinski definition) is 5. The lowest BCUT2D eigenvalue weighted by atomic mass is 9.90. The summed E-state index contributed by atoms with van der Waals surface area (Å²) in [5.74, 6) is 0.658. The minimum atomic E-state index is -0.286. The molecule has 4 aromatic rings. The van der Waals surface area contributed by atoms with Gasteiger partial charge in [0.15, 0.2) is 5.82 Å². The number of nitrogens with zero attached hydrogens (tertiary/aromatic N) is 3. The molecule has 8 nitrogen and oxygen atoms in total.